The van der Waals surface area contributed by atoms with Gasteiger partial charge in [-0.2, -0.15) is 0 Å². The molecule has 0 saturated heterocycles. The Labute approximate surface area is 105 Å². The number of aromatic nitrogens is 1. The van der Waals surface area contributed by atoms with Gasteiger partial charge in [0.2, 0.25) is 0 Å². The number of aliphatic hydroxyl groups is 1. The molecule has 1 rings (SSSR count). The number of nitrogens with zero attached hydrogens (tertiary/aromatic N) is 1. The molecule has 98 valence electrons. The summed E-state index contributed by atoms with van der Waals surface area (Å²) in [5.74, 6) is -1.15. The third-order valence-electron chi connectivity index (χ3n) is 1.69. The van der Waals surface area contributed by atoms with Gasteiger partial charge in [-0.15, -0.1) is 0 Å². The van der Waals surface area contributed by atoms with Crippen molar-refractivity contribution in [2.75, 3.05) is 13.2 Å². The van der Waals surface area contributed by atoms with Crippen LogP contribution in [0.3, 0.4) is 0 Å². The number of aliphatic hydroxyl groups excluding tert-OH is 1. The quantitative estimate of drug-likeness (QED) is 0.676. The highest BCUT2D eigenvalue weighted by atomic mass is 16.4. The lowest BCUT2D eigenvalue weighted by molar-refractivity contribution is -0.132. The molecule has 0 bridgehead atoms. The molecule has 1 amide bonds. The van der Waals surface area contributed by atoms with Gasteiger partial charge in [0.25, 0.3) is 5.91 Å². The molecular weight excluding hydrogens is 236 g/mol. The number of hydrogen-bond donors (Lipinski definition) is 3. The molecule has 1 heterocycles. The number of carboxylic acid groups (broad SMARTS) is 1. The fourth-order valence-corrected chi connectivity index (χ4v) is 0.769. The van der Waals surface area contributed by atoms with E-state index in [2.05, 4.69) is 16.9 Å². The summed E-state index contributed by atoms with van der Waals surface area (Å²) in [6.07, 6.45) is 3.08. The molecule has 0 atom stereocenters. The van der Waals surface area contributed by atoms with Crippen LogP contribution >= 0.6 is 0 Å². The lowest BCUT2D eigenvalue weighted by Gasteiger charge is -2.00. The average molecular weight is 252 g/mol. The number of carbonyl (C=O) groups is 2. The van der Waals surface area contributed by atoms with E-state index < -0.39 is 5.97 Å². The van der Waals surface area contributed by atoms with Crippen LogP contribution in [0.1, 0.15) is 17.3 Å². The Morgan fingerprint density at radius 3 is 2.50 bits per heavy atom. The zero-order valence-corrected chi connectivity index (χ0v) is 10.1. The van der Waals surface area contributed by atoms with Crippen molar-refractivity contribution in [1.82, 2.24) is 10.3 Å². The molecule has 0 aliphatic carbocycles. The summed E-state index contributed by atoms with van der Waals surface area (Å²) in [7, 11) is 0. The first-order valence-corrected chi connectivity index (χ1v) is 5.17. The molecule has 6 heteroatoms. The lowest BCUT2D eigenvalue weighted by atomic mass is 10.3. The second kappa shape index (κ2) is 8.89. The molecule has 1 aromatic heterocycles. The van der Waals surface area contributed by atoms with Gasteiger partial charge in [-0.1, -0.05) is 6.58 Å². The van der Waals surface area contributed by atoms with Crippen LogP contribution in [-0.4, -0.2) is 40.2 Å². The molecule has 0 aliphatic heterocycles. The van der Waals surface area contributed by atoms with Crippen LogP contribution in [0.2, 0.25) is 0 Å². The largest absolute Gasteiger partial charge is 0.478 e. The first-order chi connectivity index (χ1) is 8.49. The van der Waals surface area contributed by atoms with Crippen LogP contribution in [0.5, 0.6) is 0 Å². The van der Waals surface area contributed by atoms with Crippen LogP contribution < -0.4 is 5.32 Å². The molecule has 0 saturated carbocycles. The summed E-state index contributed by atoms with van der Waals surface area (Å²) in [6, 6.07) is 3.35. The highest BCUT2D eigenvalue weighted by Gasteiger charge is 2.01. The van der Waals surface area contributed by atoms with Crippen LogP contribution in [0.15, 0.2) is 36.7 Å². The van der Waals surface area contributed by atoms with Gasteiger partial charge in [-0.05, 0) is 19.1 Å². The van der Waals surface area contributed by atoms with Crippen molar-refractivity contribution >= 4 is 11.9 Å². The maximum absolute atomic E-state index is 11.1. The number of aliphatic carboxylic acids is 1. The van der Waals surface area contributed by atoms with Gasteiger partial charge in [0.1, 0.15) is 0 Å². The van der Waals surface area contributed by atoms with Gasteiger partial charge < -0.3 is 15.5 Å². The number of carboxylic acids is 1. The topological polar surface area (TPSA) is 99.5 Å². The summed E-state index contributed by atoms with van der Waals surface area (Å²) in [6.45, 7) is 4.82. The fraction of sp³-hybridized carbons (Fsp3) is 0.250. The standard InChI is InChI=1S/C8H10N2O2.C4H6O2/c11-5-4-10-8(12)7-2-1-3-9-6-7;1-3(2)4(5)6/h1-3,6,11H,4-5H2,(H,10,12);1H2,2H3,(H,5,6). The first-order valence-electron chi connectivity index (χ1n) is 5.17. The predicted molar refractivity (Wildman–Crippen MR) is 66.1 cm³/mol. The molecule has 0 aliphatic rings. The van der Waals surface area contributed by atoms with Gasteiger partial charge in [-0.3, -0.25) is 9.78 Å². The monoisotopic (exact) mass is 252 g/mol. The van der Waals surface area contributed by atoms with E-state index in [-0.39, 0.29) is 24.6 Å². The summed E-state index contributed by atoms with van der Waals surface area (Å²) >= 11 is 0. The maximum atomic E-state index is 11.1. The Morgan fingerprint density at radius 1 is 1.50 bits per heavy atom. The third kappa shape index (κ3) is 7.13. The molecule has 0 spiro atoms. The van der Waals surface area contributed by atoms with Crippen molar-refractivity contribution in [3.8, 4) is 0 Å². The van der Waals surface area contributed by atoms with Gasteiger partial charge >= 0.3 is 5.97 Å². The zero-order valence-electron chi connectivity index (χ0n) is 10.1. The fourth-order valence-electron chi connectivity index (χ4n) is 0.769. The van der Waals surface area contributed by atoms with E-state index >= 15 is 0 Å². The van der Waals surface area contributed by atoms with Gasteiger partial charge in [0.15, 0.2) is 0 Å². The normalized spacial score (nSPS) is 8.78. The Balaban J connectivity index is 0.000000411. The van der Waals surface area contributed by atoms with Crippen molar-refractivity contribution in [2.24, 2.45) is 0 Å². The summed E-state index contributed by atoms with van der Waals surface area (Å²) in [5.41, 5.74) is 0.681. The number of rotatable bonds is 4. The lowest BCUT2D eigenvalue weighted by Crippen LogP contribution is -2.26. The molecule has 0 unspecified atom stereocenters. The van der Waals surface area contributed by atoms with E-state index in [4.69, 9.17) is 10.2 Å². The highest BCUT2D eigenvalue weighted by molar-refractivity contribution is 5.93. The van der Waals surface area contributed by atoms with Crippen molar-refractivity contribution in [2.45, 2.75) is 6.92 Å². The van der Waals surface area contributed by atoms with E-state index in [0.29, 0.717) is 5.56 Å². The minimum absolute atomic E-state index is 0.0496. The van der Waals surface area contributed by atoms with E-state index in [1.807, 2.05) is 0 Å². The first kappa shape index (κ1) is 15.8. The molecule has 6 nitrogen and oxygen atoms in total. The minimum atomic E-state index is -0.935. The van der Waals surface area contributed by atoms with Crippen molar-refractivity contribution in [3.63, 3.8) is 0 Å². The minimum Gasteiger partial charge on any atom is -0.478 e. The number of nitrogens with one attached hydrogen (secondary N) is 1. The highest BCUT2D eigenvalue weighted by Crippen LogP contribution is 1.93. The second-order valence-electron chi connectivity index (χ2n) is 3.31. The Bertz CT molecular complexity index is 392. The SMILES string of the molecule is C=C(C)C(=O)O.O=C(NCCO)c1cccnc1. The van der Waals surface area contributed by atoms with Crippen LogP contribution in [0.25, 0.3) is 0 Å². The predicted octanol–water partition coefficient (Wildman–Crippen LogP) is 0.451. The zero-order chi connectivity index (χ0) is 14.0. The summed E-state index contributed by atoms with van der Waals surface area (Å²) < 4.78 is 0. The summed E-state index contributed by atoms with van der Waals surface area (Å²) in [4.78, 5) is 24.5. The van der Waals surface area contributed by atoms with Crippen LogP contribution in [0.4, 0.5) is 0 Å². The second-order valence-corrected chi connectivity index (χ2v) is 3.31. The number of amides is 1. The van der Waals surface area contributed by atoms with Gasteiger partial charge in [0, 0.05) is 24.5 Å². The Morgan fingerprint density at radius 2 is 2.11 bits per heavy atom. The van der Waals surface area contributed by atoms with Crippen molar-refractivity contribution < 1.29 is 19.8 Å². The summed E-state index contributed by atoms with van der Waals surface area (Å²) in [5, 5.41) is 18.8. The maximum Gasteiger partial charge on any atom is 0.330 e. The van der Waals surface area contributed by atoms with E-state index in [9.17, 15) is 9.59 Å². The molecule has 3 N–H and O–H groups in total. The smallest absolute Gasteiger partial charge is 0.330 e. The average Bonchev–Trinajstić information content (AvgIpc) is 2.37. The Kier molecular flexibility index (Phi) is 7.80. The van der Waals surface area contributed by atoms with Gasteiger partial charge in [-0.25, -0.2) is 4.79 Å². The molecule has 18 heavy (non-hydrogen) atoms. The molecule has 1 aromatic rings. The molecule has 0 aromatic carbocycles. The Hall–Kier alpha value is -2.21. The van der Waals surface area contributed by atoms with Crippen LogP contribution in [-0.2, 0) is 4.79 Å². The van der Waals surface area contributed by atoms with Gasteiger partial charge in [0.05, 0.1) is 12.2 Å². The molecule has 0 radical (unpaired) electrons. The van der Waals surface area contributed by atoms with E-state index in [1.165, 1.54) is 13.1 Å². The van der Waals surface area contributed by atoms with E-state index in [1.54, 1.807) is 18.3 Å². The number of hydrogen-bond acceptors (Lipinski definition) is 4. The van der Waals surface area contributed by atoms with E-state index in [0.717, 1.165) is 0 Å². The van der Waals surface area contributed by atoms with Crippen molar-refractivity contribution in [1.29, 1.82) is 0 Å². The molecule has 0 fully saturated rings. The van der Waals surface area contributed by atoms with Crippen molar-refractivity contribution in [3.05, 3.63) is 42.2 Å². The third-order valence-corrected chi connectivity index (χ3v) is 1.69. The number of pyridine rings is 1. The number of carbonyl (C=O) groups excluding carboxylic acids is 1. The molecular formula is C12H16N2O4. The van der Waals surface area contributed by atoms with Crippen LogP contribution in [0, 0.1) is 0 Å².